The van der Waals surface area contributed by atoms with Gasteiger partial charge in [0.2, 0.25) is 0 Å². The lowest BCUT2D eigenvalue weighted by atomic mass is 9.76. The summed E-state index contributed by atoms with van der Waals surface area (Å²) < 4.78 is 0. The van der Waals surface area contributed by atoms with Gasteiger partial charge in [-0.2, -0.15) is 5.26 Å². The summed E-state index contributed by atoms with van der Waals surface area (Å²) in [5.41, 5.74) is 2.45. The lowest BCUT2D eigenvalue weighted by molar-refractivity contribution is 0.493. The van der Waals surface area contributed by atoms with Gasteiger partial charge in [-0.3, -0.25) is 10.6 Å². The molecule has 3 rings (SSSR count). The Morgan fingerprint density at radius 3 is 2.50 bits per heavy atom. The molecule has 1 aliphatic carbocycles. The van der Waals surface area contributed by atoms with Crippen LogP contribution in [-0.2, 0) is 0 Å². The summed E-state index contributed by atoms with van der Waals surface area (Å²) in [5, 5.41) is 16.2. The van der Waals surface area contributed by atoms with E-state index in [1.807, 2.05) is 12.1 Å². The maximum Gasteiger partial charge on any atom is 0.117 e. The van der Waals surface area contributed by atoms with Gasteiger partial charge < -0.3 is 0 Å². The van der Waals surface area contributed by atoms with E-state index in [1.54, 1.807) is 0 Å². The predicted octanol–water partition coefficient (Wildman–Crippen LogP) is 1.72. The first-order valence-electron chi connectivity index (χ1n) is 6.95. The highest BCUT2D eigenvalue weighted by molar-refractivity contribution is 5.45. The molecule has 2 aliphatic rings. The van der Waals surface area contributed by atoms with E-state index in [-0.39, 0.29) is 12.1 Å². The summed E-state index contributed by atoms with van der Waals surface area (Å²) in [6.07, 6.45) is 10.0. The Morgan fingerprint density at radius 1 is 1.15 bits per heavy atom. The van der Waals surface area contributed by atoms with Crippen LogP contribution >= 0.6 is 0 Å². The highest BCUT2D eigenvalue weighted by Crippen LogP contribution is 2.38. The molecule has 20 heavy (non-hydrogen) atoms. The normalized spacial score (nSPS) is 26.5. The number of nitrogens with one attached hydrogen (secondary N) is 2. The number of fused-ring (bicyclic) bond motifs is 1. The van der Waals surface area contributed by atoms with E-state index in [1.165, 1.54) is 11.1 Å². The SMILES string of the molecule is C#CC(C#N)C1C=CC(C2NCCN2)c2ccccc21. The summed E-state index contributed by atoms with van der Waals surface area (Å²) in [6.45, 7) is 1.98. The highest BCUT2D eigenvalue weighted by atomic mass is 15.2. The fourth-order valence-corrected chi connectivity index (χ4v) is 3.15. The van der Waals surface area contributed by atoms with Crippen molar-refractivity contribution in [3.05, 3.63) is 47.5 Å². The van der Waals surface area contributed by atoms with Crippen LogP contribution in [0.5, 0.6) is 0 Å². The molecule has 1 saturated heterocycles. The van der Waals surface area contributed by atoms with E-state index in [4.69, 9.17) is 6.42 Å². The summed E-state index contributed by atoms with van der Waals surface area (Å²) >= 11 is 0. The molecule has 1 fully saturated rings. The molecule has 3 nitrogen and oxygen atoms in total. The van der Waals surface area contributed by atoms with Crippen LogP contribution in [0.1, 0.15) is 23.0 Å². The van der Waals surface area contributed by atoms with Crippen LogP contribution in [0.25, 0.3) is 0 Å². The van der Waals surface area contributed by atoms with Crippen molar-refractivity contribution in [3.8, 4) is 18.4 Å². The highest BCUT2D eigenvalue weighted by Gasteiger charge is 2.32. The number of rotatable bonds is 2. The minimum absolute atomic E-state index is 0.00106. The first-order chi connectivity index (χ1) is 9.85. The van der Waals surface area contributed by atoms with Crippen LogP contribution in [0.4, 0.5) is 0 Å². The van der Waals surface area contributed by atoms with E-state index in [0.717, 1.165) is 13.1 Å². The number of terminal acetylenes is 1. The Labute approximate surface area is 119 Å². The van der Waals surface area contributed by atoms with Crippen LogP contribution in [0, 0.1) is 29.6 Å². The second kappa shape index (κ2) is 5.51. The maximum absolute atomic E-state index is 9.23. The molecular weight excluding hydrogens is 246 g/mol. The Kier molecular flexibility index (Phi) is 3.56. The van der Waals surface area contributed by atoms with Gasteiger partial charge in [0.05, 0.1) is 12.2 Å². The van der Waals surface area contributed by atoms with Crippen LogP contribution in [-0.4, -0.2) is 19.3 Å². The van der Waals surface area contributed by atoms with Gasteiger partial charge in [0.15, 0.2) is 0 Å². The predicted molar refractivity (Wildman–Crippen MR) is 78.8 cm³/mol. The van der Waals surface area contributed by atoms with Crippen LogP contribution in [0.15, 0.2) is 36.4 Å². The first-order valence-corrected chi connectivity index (χ1v) is 6.95. The average Bonchev–Trinajstić information content (AvgIpc) is 3.02. The molecule has 2 N–H and O–H groups in total. The van der Waals surface area contributed by atoms with Crippen molar-refractivity contribution in [2.24, 2.45) is 5.92 Å². The topological polar surface area (TPSA) is 47.9 Å². The monoisotopic (exact) mass is 263 g/mol. The van der Waals surface area contributed by atoms with Crippen molar-refractivity contribution >= 4 is 0 Å². The summed E-state index contributed by atoms with van der Waals surface area (Å²) in [6, 6.07) is 10.5. The van der Waals surface area contributed by atoms with E-state index >= 15 is 0 Å². The van der Waals surface area contributed by atoms with Crippen molar-refractivity contribution in [2.45, 2.75) is 18.0 Å². The summed E-state index contributed by atoms with van der Waals surface area (Å²) in [4.78, 5) is 0. The van der Waals surface area contributed by atoms with Gasteiger partial charge in [-0.05, 0) is 11.1 Å². The fourth-order valence-electron chi connectivity index (χ4n) is 3.15. The molecule has 0 radical (unpaired) electrons. The van der Waals surface area contributed by atoms with Crippen molar-refractivity contribution < 1.29 is 0 Å². The molecule has 3 unspecified atom stereocenters. The zero-order valence-electron chi connectivity index (χ0n) is 11.2. The fraction of sp³-hybridized carbons (Fsp3) is 0.353. The van der Waals surface area contributed by atoms with Gasteiger partial charge in [-0.25, -0.2) is 0 Å². The van der Waals surface area contributed by atoms with Gasteiger partial charge in [0.25, 0.3) is 0 Å². The Bertz CT molecular complexity index is 585. The van der Waals surface area contributed by atoms with Crippen LogP contribution < -0.4 is 10.6 Å². The molecule has 1 heterocycles. The van der Waals surface area contributed by atoms with Crippen molar-refractivity contribution in [3.63, 3.8) is 0 Å². The van der Waals surface area contributed by atoms with Gasteiger partial charge in [0, 0.05) is 24.9 Å². The van der Waals surface area contributed by atoms with E-state index < -0.39 is 5.92 Å². The van der Waals surface area contributed by atoms with E-state index in [2.05, 4.69) is 46.9 Å². The first kappa shape index (κ1) is 12.9. The number of allylic oxidation sites excluding steroid dienone is 1. The molecule has 3 heteroatoms. The Balaban J connectivity index is 1.99. The second-order valence-corrected chi connectivity index (χ2v) is 5.22. The third-order valence-corrected chi connectivity index (χ3v) is 4.13. The van der Waals surface area contributed by atoms with Gasteiger partial charge >= 0.3 is 0 Å². The number of hydrogen-bond donors (Lipinski definition) is 2. The zero-order chi connectivity index (χ0) is 13.9. The smallest absolute Gasteiger partial charge is 0.117 e. The standard InChI is InChI=1S/C17H17N3/c1-2-12(11-18)13-7-8-16(17-19-9-10-20-17)15-6-4-3-5-14(13)15/h1,3-8,12-13,16-17,19-20H,9-10H2. The average molecular weight is 263 g/mol. The molecule has 0 saturated carbocycles. The number of nitriles is 1. The lowest BCUT2D eigenvalue weighted by Gasteiger charge is -2.31. The molecule has 0 amide bonds. The molecular formula is C17H17N3. The van der Waals surface area contributed by atoms with Gasteiger partial charge in [-0.15, -0.1) is 6.42 Å². The molecule has 1 aromatic rings. The lowest BCUT2D eigenvalue weighted by Crippen LogP contribution is -2.38. The van der Waals surface area contributed by atoms with Crippen molar-refractivity contribution in [2.75, 3.05) is 13.1 Å². The molecule has 0 spiro atoms. The van der Waals surface area contributed by atoms with Crippen LogP contribution in [0.3, 0.4) is 0 Å². The Hall–Kier alpha value is -2.07. The largest absolute Gasteiger partial charge is 0.300 e. The third-order valence-electron chi connectivity index (χ3n) is 4.13. The molecule has 0 aromatic heterocycles. The quantitative estimate of drug-likeness (QED) is 0.631. The van der Waals surface area contributed by atoms with Gasteiger partial charge in [0.1, 0.15) is 5.92 Å². The summed E-state index contributed by atoms with van der Waals surface area (Å²) in [5.74, 6) is 2.49. The Morgan fingerprint density at radius 2 is 1.85 bits per heavy atom. The minimum Gasteiger partial charge on any atom is -0.300 e. The third kappa shape index (κ3) is 2.12. The van der Waals surface area contributed by atoms with Crippen LogP contribution in [0.2, 0.25) is 0 Å². The maximum atomic E-state index is 9.23. The number of nitrogens with zero attached hydrogens (tertiary/aromatic N) is 1. The molecule has 3 atom stereocenters. The summed E-state index contributed by atoms with van der Waals surface area (Å²) in [7, 11) is 0. The zero-order valence-corrected chi connectivity index (χ0v) is 11.2. The molecule has 1 aromatic carbocycles. The van der Waals surface area contributed by atoms with E-state index in [0.29, 0.717) is 5.92 Å². The molecule has 1 aliphatic heterocycles. The second-order valence-electron chi connectivity index (χ2n) is 5.22. The molecule has 100 valence electrons. The van der Waals surface area contributed by atoms with E-state index in [9.17, 15) is 5.26 Å². The van der Waals surface area contributed by atoms with Crippen molar-refractivity contribution in [1.29, 1.82) is 5.26 Å². The van der Waals surface area contributed by atoms with Gasteiger partial charge in [-0.1, -0.05) is 42.3 Å². The minimum atomic E-state index is -0.405. The number of hydrogen-bond acceptors (Lipinski definition) is 3. The number of benzene rings is 1. The van der Waals surface area contributed by atoms with Crippen molar-refractivity contribution in [1.82, 2.24) is 10.6 Å². The molecule has 0 bridgehead atoms.